The molecule has 0 aliphatic carbocycles. The summed E-state index contributed by atoms with van der Waals surface area (Å²) in [6, 6.07) is 10.6. The van der Waals surface area contributed by atoms with Crippen LogP contribution in [0.15, 0.2) is 30.3 Å². The van der Waals surface area contributed by atoms with Gasteiger partial charge in [-0.1, -0.05) is 30.3 Å². The Bertz CT molecular complexity index is 464. The SMILES string of the molecule is CN(C(=O)C1CNNC1c1ccccc1)C1CCNC1.Cl. The summed E-state index contributed by atoms with van der Waals surface area (Å²) in [5, 5.41) is 3.32. The number of nitrogens with zero attached hydrogens (tertiary/aromatic N) is 1. The van der Waals surface area contributed by atoms with E-state index >= 15 is 0 Å². The van der Waals surface area contributed by atoms with Crippen LogP contribution in [0.4, 0.5) is 0 Å². The first-order valence-electron chi connectivity index (χ1n) is 7.28. The van der Waals surface area contributed by atoms with Gasteiger partial charge in [-0.3, -0.25) is 10.2 Å². The maximum atomic E-state index is 12.7. The molecule has 1 aromatic rings. The van der Waals surface area contributed by atoms with Crippen molar-refractivity contribution in [1.29, 1.82) is 0 Å². The Labute approximate surface area is 131 Å². The molecule has 1 amide bonds. The lowest BCUT2D eigenvalue weighted by Crippen LogP contribution is -2.43. The van der Waals surface area contributed by atoms with Crippen molar-refractivity contribution in [2.75, 3.05) is 26.7 Å². The van der Waals surface area contributed by atoms with Crippen molar-refractivity contribution in [3.05, 3.63) is 35.9 Å². The average molecular weight is 311 g/mol. The predicted octanol–water partition coefficient (Wildman–Crippen LogP) is 0.694. The van der Waals surface area contributed by atoms with E-state index in [4.69, 9.17) is 0 Å². The zero-order valence-electron chi connectivity index (χ0n) is 12.2. The van der Waals surface area contributed by atoms with Crippen molar-refractivity contribution < 1.29 is 4.79 Å². The number of carbonyl (C=O) groups excluding carboxylic acids is 1. The third-order valence-corrected chi connectivity index (χ3v) is 4.39. The largest absolute Gasteiger partial charge is 0.341 e. The molecule has 0 spiro atoms. The van der Waals surface area contributed by atoms with E-state index in [9.17, 15) is 4.79 Å². The van der Waals surface area contributed by atoms with Gasteiger partial charge in [-0.15, -0.1) is 12.4 Å². The first-order valence-corrected chi connectivity index (χ1v) is 7.28. The molecule has 2 aliphatic rings. The number of carbonyl (C=O) groups is 1. The number of rotatable bonds is 3. The minimum absolute atomic E-state index is 0. The monoisotopic (exact) mass is 310 g/mol. The van der Waals surface area contributed by atoms with Gasteiger partial charge in [0.2, 0.25) is 5.91 Å². The summed E-state index contributed by atoms with van der Waals surface area (Å²) in [5.74, 6) is 0.188. The number of nitrogens with one attached hydrogen (secondary N) is 3. The van der Waals surface area contributed by atoms with Gasteiger partial charge in [0.15, 0.2) is 0 Å². The molecule has 0 aromatic heterocycles. The number of hydrazine groups is 1. The lowest BCUT2D eigenvalue weighted by atomic mass is 9.93. The summed E-state index contributed by atoms with van der Waals surface area (Å²) < 4.78 is 0. The quantitative estimate of drug-likeness (QED) is 0.769. The highest BCUT2D eigenvalue weighted by Crippen LogP contribution is 2.27. The Balaban J connectivity index is 0.00000161. The van der Waals surface area contributed by atoms with Gasteiger partial charge < -0.3 is 10.2 Å². The molecule has 0 radical (unpaired) electrons. The topological polar surface area (TPSA) is 56.4 Å². The summed E-state index contributed by atoms with van der Waals surface area (Å²) in [7, 11) is 1.93. The van der Waals surface area contributed by atoms with Crippen molar-refractivity contribution in [2.45, 2.75) is 18.5 Å². The number of benzene rings is 1. The molecule has 116 valence electrons. The van der Waals surface area contributed by atoms with Gasteiger partial charge in [-0.2, -0.15) is 0 Å². The Morgan fingerprint density at radius 3 is 2.67 bits per heavy atom. The Kier molecular flexibility index (Phi) is 5.58. The fourth-order valence-corrected chi connectivity index (χ4v) is 3.11. The van der Waals surface area contributed by atoms with Gasteiger partial charge in [0.1, 0.15) is 0 Å². The highest BCUT2D eigenvalue weighted by molar-refractivity contribution is 5.85. The summed E-state index contributed by atoms with van der Waals surface area (Å²) in [6.07, 6.45) is 1.05. The smallest absolute Gasteiger partial charge is 0.229 e. The molecule has 2 aliphatic heterocycles. The molecule has 1 aromatic carbocycles. The Hall–Kier alpha value is -1.14. The molecule has 5 nitrogen and oxygen atoms in total. The molecule has 3 unspecified atom stereocenters. The van der Waals surface area contributed by atoms with Crippen LogP contribution >= 0.6 is 12.4 Å². The van der Waals surface area contributed by atoms with Crippen LogP contribution in [0.2, 0.25) is 0 Å². The highest BCUT2D eigenvalue weighted by Gasteiger charge is 2.37. The van der Waals surface area contributed by atoms with Crippen molar-refractivity contribution in [3.63, 3.8) is 0 Å². The van der Waals surface area contributed by atoms with E-state index in [-0.39, 0.29) is 30.3 Å². The van der Waals surface area contributed by atoms with Crippen LogP contribution in [0.25, 0.3) is 0 Å². The third kappa shape index (κ3) is 3.37. The summed E-state index contributed by atoms with van der Waals surface area (Å²) in [5.41, 5.74) is 7.53. The fourth-order valence-electron chi connectivity index (χ4n) is 3.11. The van der Waals surface area contributed by atoms with Gasteiger partial charge in [0, 0.05) is 26.2 Å². The van der Waals surface area contributed by atoms with E-state index in [0.29, 0.717) is 12.6 Å². The van der Waals surface area contributed by atoms with E-state index in [1.54, 1.807) is 0 Å². The molecule has 2 saturated heterocycles. The number of amides is 1. The summed E-state index contributed by atoms with van der Waals surface area (Å²) in [4.78, 5) is 14.7. The van der Waals surface area contributed by atoms with Crippen LogP contribution in [-0.2, 0) is 4.79 Å². The van der Waals surface area contributed by atoms with Gasteiger partial charge in [-0.05, 0) is 18.5 Å². The first-order chi connectivity index (χ1) is 9.77. The molecule has 2 heterocycles. The Morgan fingerprint density at radius 1 is 1.24 bits per heavy atom. The third-order valence-electron chi connectivity index (χ3n) is 4.39. The van der Waals surface area contributed by atoms with Gasteiger partial charge in [0.05, 0.1) is 12.0 Å². The number of hydrogen-bond donors (Lipinski definition) is 3. The lowest BCUT2D eigenvalue weighted by molar-refractivity contribution is -0.135. The van der Waals surface area contributed by atoms with Crippen LogP contribution in [-0.4, -0.2) is 43.5 Å². The molecule has 2 fully saturated rings. The van der Waals surface area contributed by atoms with Crippen molar-refractivity contribution in [2.24, 2.45) is 5.92 Å². The zero-order valence-corrected chi connectivity index (χ0v) is 13.0. The summed E-state index contributed by atoms with van der Waals surface area (Å²) in [6.45, 7) is 2.60. The molecule has 6 heteroatoms. The first kappa shape index (κ1) is 16.2. The molecular weight excluding hydrogens is 288 g/mol. The number of likely N-dealkylation sites (N-methyl/N-ethyl adjacent to an activating group) is 1. The molecule has 0 bridgehead atoms. The standard InChI is InChI=1S/C15H22N4O.ClH/c1-19(12-7-8-16-9-12)15(20)13-10-17-18-14(13)11-5-3-2-4-6-11;/h2-6,12-14,16-18H,7-10H2,1H3;1H. The molecule has 3 N–H and O–H groups in total. The van der Waals surface area contributed by atoms with Crippen LogP contribution in [0.1, 0.15) is 18.0 Å². The van der Waals surface area contributed by atoms with E-state index in [1.165, 1.54) is 0 Å². The van der Waals surface area contributed by atoms with Crippen LogP contribution in [0.3, 0.4) is 0 Å². The molecule has 3 rings (SSSR count). The molecule has 3 atom stereocenters. The second-order valence-corrected chi connectivity index (χ2v) is 5.62. The number of hydrogen-bond acceptors (Lipinski definition) is 4. The van der Waals surface area contributed by atoms with Gasteiger partial charge in [0.25, 0.3) is 0 Å². The van der Waals surface area contributed by atoms with Crippen LogP contribution in [0.5, 0.6) is 0 Å². The van der Waals surface area contributed by atoms with Crippen molar-refractivity contribution in [3.8, 4) is 0 Å². The Morgan fingerprint density at radius 2 is 2.00 bits per heavy atom. The minimum atomic E-state index is -0.0389. The highest BCUT2D eigenvalue weighted by atomic mass is 35.5. The minimum Gasteiger partial charge on any atom is -0.341 e. The second kappa shape index (κ2) is 7.22. The summed E-state index contributed by atoms with van der Waals surface area (Å²) >= 11 is 0. The second-order valence-electron chi connectivity index (χ2n) is 5.62. The predicted molar refractivity (Wildman–Crippen MR) is 85.1 cm³/mol. The molecule has 0 saturated carbocycles. The fraction of sp³-hybridized carbons (Fsp3) is 0.533. The van der Waals surface area contributed by atoms with E-state index in [0.717, 1.165) is 25.1 Å². The average Bonchev–Trinajstić information content (AvgIpc) is 3.17. The van der Waals surface area contributed by atoms with Gasteiger partial charge in [-0.25, -0.2) is 5.43 Å². The lowest BCUT2D eigenvalue weighted by Gasteiger charge is -2.28. The van der Waals surface area contributed by atoms with E-state index in [2.05, 4.69) is 28.3 Å². The van der Waals surface area contributed by atoms with Gasteiger partial charge >= 0.3 is 0 Å². The van der Waals surface area contributed by atoms with E-state index < -0.39 is 0 Å². The zero-order chi connectivity index (χ0) is 13.9. The van der Waals surface area contributed by atoms with E-state index in [1.807, 2.05) is 30.1 Å². The normalized spacial score (nSPS) is 28.1. The van der Waals surface area contributed by atoms with Crippen LogP contribution < -0.4 is 16.2 Å². The van der Waals surface area contributed by atoms with Crippen molar-refractivity contribution >= 4 is 18.3 Å². The maximum Gasteiger partial charge on any atom is 0.229 e. The van der Waals surface area contributed by atoms with Crippen molar-refractivity contribution in [1.82, 2.24) is 21.1 Å². The molecular formula is C15H23ClN4O. The number of halogens is 1. The molecule has 21 heavy (non-hydrogen) atoms. The van der Waals surface area contributed by atoms with Crippen LogP contribution in [0, 0.1) is 5.92 Å². The maximum absolute atomic E-state index is 12.7.